The summed E-state index contributed by atoms with van der Waals surface area (Å²) < 4.78 is 0. The standard InChI is InChI=1S/C30H38OSi.C20H26O/c1-21-11-13-25-23(19-21)12-14-27-26(25)15-16-29(3)28(27)20-22(2)30(29,31)17-18-32(4,5)24-9-7-6-8-10-24;1-12-4-6-15-14(10-12)5-7-17-16(15)8-9-20(3)18(17)11-13(2)19(20)21/h6-10,12,19,25-28,31H,2,11,13-16,20H2,1,3-5H3;5,10,15-18H,2,4,6-9,11H2,1,3H3/t25-,26+,27+,28-,29-,30-;15-,16+,17+,18-,20-/m00/s1. The highest BCUT2D eigenvalue weighted by Gasteiger charge is 2.63. The lowest BCUT2D eigenvalue weighted by molar-refractivity contribution is -0.128. The van der Waals surface area contributed by atoms with E-state index < -0.39 is 13.7 Å². The number of fused-ring (bicyclic) bond motifs is 10. The van der Waals surface area contributed by atoms with Gasteiger partial charge < -0.3 is 5.11 Å². The summed E-state index contributed by atoms with van der Waals surface area (Å²) in [5.74, 6) is 9.33. The molecule has 8 aliphatic rings. The van der Waals surface area contributed by atoms with Gasteiger partial charge in [-0.1, -0.05) is 112 Å². The molecule has 0 unspecified atom stereocenters. The van der Waals surface area contributed by atoms with Gasteiger partial charge in [0.1, 0.15) is 0 Å². The largest absolute Gasteiger partial charge is 0.373 e. The van der Waals surface area contributed by atoms with E-state index in [1.165, 1.54) is 55.7 Å². The summed E-state index contributed by atoms with van der Waals surface area (Å²) >= 11 is 0. The molecular formula is C50H64O2Si. The molecule has 8 aliphatic carbocycles. The number of benzene rings is 1. The van der Waals surface area contributed by atoms with E-state index in [0.717, 1.165) is 66.9 Å². The van der Waals surface area contributed by atoms with Crippen LogP contribution in [0.2, 0.25) is 13.1 Å². The third-order valence-corrected chi connectivity index (χ3v) is 19.1. The molecule has 11 atom stereocenters. The van der Waals surface area contributed by atoms with Gasteiger partial charge in [-0.2, -0.15) is 0 Å². The van der Waals surface area contributed by atoms with Gasteiger partial charge in [-0.3, -0.25) is 4.79 Å². The van der Waals surface area contributed by atoms with Crippen molar-refractivity contribution in [1.82, 2.24) is 0 Å². The van der Waals surface area contributed by atoms with Crippen LogP contribution in [0.15, 0.2) is 101 Å². The minimum atomic E-state index is -1.96. The number of carbonyl (C=O) groups excluding carboxylic acids is 1. The molecule has 280 valence electrons. The average molecular weight is 725 g/mol. The molecule has 1 aromatic rings. The van der Waals surface area contributed by atoms with Crippen molar-refractivity contribution in [3.63, 3.8) is 0 Å². The molecule has 1 aromatic carbocycles. The molecule has 1 N–H and O–H groups in total. The molecule has 0 radical (unpaired) electrons. The van der Waals surface area contributed by atoms with E-state index in [1.54, 1.807) is 16.7 Å². The molecule has 0 saturated heterocycles. The van der Waals surface area contributed by atoms with Crippen molar-refractivity contribution in [3.8, 4) is 11.5 Å². The molecule has 4 saturated carbocycles. The number of allylic oxidation sites excluding steroid dienone is 9. The Morgan fingerprint density at radius 2 is 1.34 bits per heavy atom. The predicted molar refractivity (Wildman–Crippen MR) is 223 cm³/mol. The first-order chi connectivity index (χ1) is 25.2. The second kappa shape index (κ2) is 13.4. The molecule has 4 fully saturated rings. The lowest BCUT2D eigenvalue weighted by Gasteiger charge is -2.53. The third-order valence-electron chi connectivity index (χ3n) is 16.6. The van der Waals surface area contributed by atoms with Gasteiger partial charge in [-0.25, -0.2) is 0 Å². The number of hydrogen-bond acceptors (Lipinski definition) is 2. The van der Waals surface area contributed by atoms with Crippen molar-refractivity contribution in [2.75, 3.05) is 0 Å². The predicted octanol–water partition coefficient (Wildman–Crippen LogP) is 11.0. The average Bonchev–Trinajstić information content (AvgIpc) is 3.51. The van der Waals surface area contributed by atoms with E-state index in [1.807, 2.05) is 0 Å². The number of Topliss-reactive ketones (excluding diaryl/α,β-unsaturated/α-hetero) is 1. The van der Waals surface area contributed by atoms with E-state index >= 15 is 0 Å². The van der Waals surface area contributed by atoms with E-state index in [9.17, 15) is 9.90 Å². The van der Waals surface area contributed by atoms with Gasteiger partial charge in [0.25, 0.3) is 0 Å². The molecule has 0 spiro atoms. The number of aliphatic hydroxyl groups is 1. The van der Waals surface area contributed by atoms with E-state index in [0.29, 0.717) is 29.5 Å². The smallest absolute Gasteiger partial charge is 0.164 e. The summed E-state index contributed by atoms with van der Waals surface area (Å²) in [7, 11) is -1.96. The van der Waals surface area contributed by atoms with Gasteiger partial charge in [-0.15, -0.1) is 5.54 Å². The van der Waals surface area contributed by atoms with Crippen LogP contribution in [-0.4, -0.2) is 24.6 Å². The van der Waals surface area contributed by atoms with Crippen LogP contribution in [0.1, 0.15) is 105 Å². The van der Waals surface area contributed by atoms with E-state index in [4.69, 9.17) is 0 Å². The summed E-state index contributed by atoms with van der Waals surface area (Å²) in [4.78, 5) is 12.5. The summed E-state index contributed by atoms with van der Waals surface area (Å²) in [5, 5.41) is 13.4. The Morgan fingerprint density at radius 1 is 0.774 bits per heavy atom. The minimum Gasteiger partial charge on any atom is -0.373 e. The molecule has 0 aromatic heterocycles. The zero-order valence-electron chi connectivity index (χ0n) is 33.6. The van der Waals surface area contributed by atoms with Crippen molar-refractivity contribution in [2.24, 2.45) is 58.2 Å². The maximum Gasteiger partial charge on any atom is 0.164 e. The summed E-state index contributed by atoms with van der Waals surface area (Å²) in [6, 6.07) is 10.6. The van der Waals surface area contributed by atoms with E-state index in [2.05, 4.69) is 120 Å². The van der Waals surface area contributed by atoms with Crippen LogP contribution in [0, 0.1) is 69.6 Å². The first-order valence-corrected chi connectivity index (χ1v) is 24.1. The minimum absolute atomic E-state index is 0.0932. The maximum atomic E-state index is 12.5. The molecule has 2 nitrogen and oxygen atoms in total. The fourth-order valence-electron chi connectivity index (χ4n) is 13.3. The summed E-state index contributed by atoms with van der Waals surface area (Å²) in [6.07, 6.45) is 23.9. The lowest BCUT2D eigenvalue weighted by atomic mass is 9.51. The third kappa shape index (κ3) is 5.96. The quantitative estimate of drug-likeness (QED) is 0.136. The SMILES string of the molecule is C=C1C[C@H]2[C@@H]3CC=C4C=C(C)CC[C@@H]4[C@H]3CC[C@]2(C)C1=O.C=C1C[C@H]2[C@@H]3CC=C4C=C(C)CC[C@@H]4[C@H]3CC[C@]2(C)[C@]1(O)C#C[Si](C)(C)c1ccccc1. The van der Waals surface area contributed by atoms with Crippen molar-refractivity contribution in [1.29, 1.82) is 0 Å². The van der Waals surface area contributed by atoms with Crippen LogP contribution >= 0.6 is 0 Å². The second-order valence-electron chi connectivity index (χ2n) is 19.8. The van der Waals surface area contributed by atoms with Crippen molar-refractivity contribution >= 4 is 19.0 Å². The fourth-order valence-corrected chi connectivity index (χ4v) is 15.0. The number of hydrogen-bond donors (Lipinski definition) is 1. The molecule has 0 aliphatic heterocycles. The molecule has 0 bridgehead atoms. The molecule has 0 amide bonds. The van der Waals surface area contributed by atoms with Crippen LogP contribution in [0.3, 0.4) is 0 Å². The highest BCUT2D eigenvalue weighted by molar-refractivity contribution is 6.96. The molecule has 3 heteroatoms. The first kappa shape index (κ1) is 37.0. The van der Waals surface area contributed by atoms with Gasteiger partial charge >= 0.3 is 0 Å². The first-order valence-electron chi connectivity index (χ1n) is 21.1. The Bertz CT molecular complexity index is 1890. The molecule has 9 rings (SSSR count). The maximum absolute atomic E-state index is 12.5. The van der Waals surface area contributed by atoms with Crippen molar-refractivity contribution < 1.29 is 9.90 Å². The van der Waals surface area contributed by atoms with Gasteiger partial charge in [-0.05, 0) is 166 Å². The monoisotopic (exact) mass is 724 g/mol. The Labute approximate surface area is 322 Å². The van der Waals surface area contributed by atoms with Crippen LogP contribution < -0.4 is 5.19 Å². The Morgan fingerprint density at radius 3 is 1.94 bits per heavy atom. The Kier molecular flexibility index (Phi) is 9.34. The summed E-state index contributed by atoms with van der Waals surface area (Å²) in [6.45, 7) is 22.1. The van der Waals surface area contributed by atoms with Crippen LogP contribution in [-0.2, 0) is 4.79 Å². The van der Waals surface area contributed by atoms with Crippen LogP contribution in [0.5, 0.6) is 0 Å². The topological polar surface area (TPSA) is 37.3 Å². The van der Waals surface area contributed by atoms with Crippen LogP contribution in [0.4, 0.5) is 0 Å². The van der Waals surface area contributed by atoms with Gasteiger partial charge in [0, 0.05) is 10.8 Å². The zero-order chi connectivity index (χ0) is 37.5. The normalized spacial score (nSPS) is 41.2. The number of rotatable bonds is 1. The molecular weight excluding hydrogens is 661 g/mol. The highest BCUT2D eigenvalue weighted by atomic mass is 28.3. The Hall–Kier alpha value is -2.93. The number of carbonyl (C=O) groups is 1. The fraction of sp³-hybridized carbons (Fsp3) is 0.580. The second-order valence-corrected chi connectivity index (χ2v) is 23.9. The zero-order valence-corrected chi connectivity index (χ0v) is 34.6. The van der Waals surface area contributed by atoms with Gasteiger partial charge in [0.15, 0.2) is 19.5 Å². The molecule has 0 heterocycles. The van der Waals surface area contributed by atoms with Gasteiger partial charge in [0.05, 0.1) is 0 Å². The van der Waals surface area contributed by atoms with Crippen molar-refractivity contribution in [3.05, 3.63) is 101 Å². The van der Waals surface area contributed by atoms with Crippen LogP contribution in [0.25, 0.3) is 0 Å². The van der Waals surface area contributed by atoms with Crippen molar-refractivity contribution in [2.45, 2.75) is 123 Å². The Balaban J connectivity index is 0.000000164. The highest BCUT2D eigenvalue weighted by Crippen LogP contribution is 2.66. The van der Waals surface area contributed by atoms with E-state index in [-0.39, 0.29) is 10.8 Å². The number of ketones is 1. The van der Waals surface area contributed by atoms with Gasteiger partial charge in [0.2, 0.25) is 0 Å². The summed E-state index contributed by atoms with van der Waals surface area (Å²) in [5.41, 5.74) is 10.4. The lowest BCUT2D eigenvalue weighted by Crippen LogP contribution is -2.52. The molecule has 53 heavy (non-hydrogen) atoms.